The van der Waals surface area contributed by atoms with Crippen molar-refractivity contribution < 1.29 is 14.3 Å². The van der Waals surface area contributed by atoms with Crippen molar-refractivity contribution in [1.29, 1.82) is 0 Å². The van der Waals surface area contributed by atoms with Crippen LogP contribution in [0.4, 0.5) is 0 Å². The van der Waals surface area contributed by atoms with Crippen LogP contribution in [0.5, 0.6) is 0 Å². The van der Waals surface area contributed by atoms with Crippen molar-refractivity contribution in [3.8, 4) is 0 Å². The number of hydrogen-bond donors (Lipinski definition) is 1. The van der Waals surface area contributed by atoms with Crippen molar-refractivity contribution >= 4 is 27.9 Å². The highest BCUT2D eigenvalue weighted by atomic mass is 79.9. The summed E-state index contributed by atoms with van der Waals surface area (Å²) in [7, 11) is 0. The summed E-state index contributed by atoms with van der Waals surface area (Å²) in [4.78, 5) is 20.1. The monoisotopic (exact) mass is 197 g/mol. The number of rotatable bonds is 1. The van der Waals surface area contributed by atoms with E-state index in [4.69, 9.17) is 0 Å². The van der Waals surface area contributed by atoms with E-state index in [2.05, 4.69) is 20.7 Å². The smallest absolute Gasteiger partial charge is 0.324 e. The van der Waals surface area contributed by atoms with Crippen molar-refractivity contribution in [3.63, 3.8) is 0 Å². The van der Waals surface area contributed by atoms with E-state index in [1.54, 1.807) is 0 Å². The second-order valence-corrected chi connectivity index (χ2v) is 1.66. The van der Waals surface area contributed by atoms with Gasteiger partial charge in [-0.3, -0.25) is 9.59 Å². The van der Waals surface area contributed by atoms with Gasteiger partial charge in [-0.15, -0.1) is 0 Å². The molecule has 0 aromatic heterocycles. The van der Waals surface area contributed by atoms with Gasteiger partial charge in [0.05, 0.1) is 0 Å². The summed E-state index contributed by atoms with van der Waals surface area (Å²) in [5.41, 5.74) is 0. The van der Waals surface area contributed by atoms with E-state index in [0.29, 0.717) is 0 Å². The maximum Gasteiger partial charge on any atom is 0.324 e. The molecule has 0 saturated heterocycles. The van der Waals surface area contributed by atoms with Crippen LogP contribution in [-0.2, 0) is 14.3 Å². The van der Waals surface area contributed by atoms with Crippen LogP contribution >= 0.6 is 15.9 Å². The second kappa shape index (κ2) is 5.71. The Hall–Kier alpha value is -0.420. The fourth-order valence-corrected chi connectivity index (χ4v) is 0.302. The minimum Gasteiger partial charge on any atom is -0.393 e. The second-order valence-electron chi connectivity index (χ2n) is 1.10. The van der Waals surface area contributed by atoms with Crippen LogP contribution < -0.4 is 6.15 Å². The Bertz CT molecular complexity index is 114. The van der Waals surface area contributed by atoms with Crippen molar-refractivity contribution in [3.05, 3.63) is 0 Å². The Labute approximate surface area is 61.3 Å². The van der Waals surface area contributed by atoms with Gasteiger partial charge in [-0.1, -0.05) is 15.9 Å². The molecule has 0 saturated carbocycles. The van der Waals surface area contributed by atoms with Gasteiger partial charge < -0.3 is 10.9 Å². The van der Waals surface area contributed by atoms with Crippen LogP contribution in [-0.4, -0.2) is 17.3 Å². The van der Waals surface area contributed by atoms with E-state index in [1.807, 2.05) is 0 Å². The summed E-state index contributed by atoms with van der Waals surface area (Å²) < 4.78 is 4.07. The van der Waals surface area contributed by atoms with E-state index in [9.17, 15) is 9.59 Å². The van der Waals surface area contributed by atoms with Gasteiger partial charge in [-0.2, -0.15) is 0 Å². The summed E-state index contributed by atoms with van der Waals surface area (Å²) in [6.07, 6.45) is 0. The van der Waals surface area contributed by atoms with Crippen LogP contribution in [0.1, 0.15) is 6.92 Å². The van der Waals surface area contributed by atoms with E-state index in [-0.39, 0.29) is 11.5 Å². The first kappa shape index (κ1) is 11.4. The maximum absolute atomic E-state index is 10.1. The lowest BCUT2D eigenvalue weighted by Crippen LogP contribution is -2.09. The zero-order valence-electron chi connectivity index (χ0n) is 5.02. The Morgan fingerprint density at radius 2 is 2.00 bits per heavy atom. The van der Waals surface area contributed by atoms with Crippen LogP contribution in [0.3, 0.4) is 0 Å². The third-order valence-electron chi connectivity index (χ3n) is 0.367. The van der Waals surface area contributed by atoms with E-state index in [1.165, 1.54) is 6.92 Å². The van der Waals surface area contributed by atoms with Crippen molar-refractivity contribution in [2.75, 3.05) is 5.33 Å². The molecule has 0 amide bonds. The molecule has 0 aromatic rings. The molecule has 0 spiro atoms. The number of ether oxygens (including phenoxy) is 1. The zero-order valence-corrected chi connectivity index (χ0v) is 6.60. The first-order chi connectivity index (χ1) is 3.66. The molecule has 0 aromatic carbocycles. The standard InChI is InChI=1S/C4H5BrO3.H3N/c1-3(6)8-4(7)2-5;/h2H2,1H3;1H3. The van der Waals surface area contributed by atoms with E-state index in [0.717, 1.165) is 0 Å². The van der Waals surface area contributed by atoms with Gasteiger partial charge in [-0.25, -0.2) is 0 Å². The maximum atomic E-state index is 10.1. The Kier molecular flexibility index (Phi) is 7.23. The van der Waals surface area contributed by atoms with Crippen molar-refractivity contribution in [2.45, 2.75) is 6.92 Å². The molecule has 3 N–H and O–H groups in total. The van der Waals surface area contributed by atoms with Crippen molar-refractivity contribution in [2.24, 2.45) is 0 Å². The van der Waals surface area contributed by atoms with E-state index < -0.39 is 11.9 Å². The summed E-state index contributed by atoms with van der Waals surface area (Å²) in [5.74, 6) is -1.13. The first-order valence-electron chi connectivity index (χ1n) is 1.94. The molecule has 0 aliphatic heterocycles. The minimum absolute atomic E-state index is 0. The molecular formula is C4H8BrNO3. The SMILES string of the molecule is CC(=O)OC(=O)CBr.N. The summed E-state index contributed by atoms with van der Waals surface area (Å²) >= 11 is 2.82. The van der Waals surface area contributed by atoms with Gasteiger partial charge in [0.15, 0.2) is 0 Å². The highest BCUT2D eigenvalue weighted by Gasteiger charge is 2.00. The predicted molar refractivity (Wildman–Crippen MR) is 35.6 cm³/mol. The van der Waals surface area contributed by atoms with Gasteiger partial charge in [-0.05, 0) is 0 Å². The highest BCUT2D eigenvalue weighted by molar-refractivity contribution is 9.09. The molecule has 0 aliphatic rings. The number of carbonyl (C=O) groups excluding carboxylic acids is 2. The number of alkyl halides is 1. The van der Waals surface area contributed by atoms with Gasteiger partial charge in [0.1, 0.15) is 5.33 Å². The summed E-state index contributed by atoms with van der Waals surface area (Å²) in [6, 6.07) is 0. The molecule has 0 bridgehead atoms. The summed E-state index contributed by atoms with van der Waals surface area (Å²) in [6.45, 7) is 1.18. The lowest BCUT2D eigenvalue weighted by Gasteiger charge is -1.91. The molecule has 0 radical (unpaired) electrons. The highest BCUT2D eigenvalue weighted by Crippen LogP contribution is 1.84. The van der Waals surface area contributed by atoms with E-state index >= 15 is 0 Å². The van der Waals surface area contributed by atoms with Gasteiger partial charge in [0, 0.05) is 6.92 Å². The van der Waals surface area contributed by atoms with Crippen LogP contribution in [0.15, 0.2) is 0 Å². The molecule has 0 unspecified atom stereocenters. The molecule has 54 valence electrons. The molecule has 5 heteroatoms. The third kappa shape index (κ3) is 7.58. The number of hydrogen-bond acceptors (Lipinski definition) is 4. The first-order valence-corrected chi connectivity index (χ1v) is 3.06. The molecule has 0 aliphatic carbocycles. The number of halogens is 1. The molecular weight excluding hydrogens is 190 g/mol. The van der Waals surface area contributed by atoms with Crippen molar-refractivity contribution in [1.82, 2.24) is 6.15 Å². The fourth-order valence-electron chi connectivity index (χ4n) is 0.188. The topological polar surface area (TPSA) is 78.4 Å². The normalized spacial score (nSPS) is 7.33. The molecule has 4 nitrogen and oxygen atoms in total. The largest absolute Gasteiger partial charge is 0.393 e. The molecule has 0 fully saturated rings. The Morgan fingerprint density at radius 1 is 1.56 bits per heavy atom. The van der Waals surface area contributed by atoms with Gasteiger partial charge in [0.25, 0.3) is 0 Å². The summed E-state index contributed by atoms with van der Waals surface area (Å²) in [5, 5.41) is 0.0621. The predicted octanol–water partition coefficient (Wildman–Crippen LogP) is 0.633. The quantitative estimate of drug-likeness (QED) is 0.380. The Balaban J connectivity index is 0. The number of esters is 2. The number of carbonyl (C=O) groups is 2. The third-order valence-corrected chi connectivity index (χ3v) is 0.825. The molecule has 0 rings (SSSR count). The average molecular weight is 198 g/mol. The lowest BCUT2D eigenvalue weighted by molar-refractivity contribution is -0.155. The van der Waals surface area contributed by atoms with Gasteiger partial charge >= 0.3 is 11.9 Å². The minimum atomic E-state index is -0.575. The average Bonchev–Trinajstić information content (AvgIpc) is 1.65. The van der Waals surface area contributed by atoms with Crippen LogP contribution in [0, 0.1) is 0 Å². The molecule has 9 heavy (non-hydrogen) atoms. The molecule has 0 heterocycles. The van der Waals surface area contributed by atoms with Crippen LogP contribution in [0.2, 0.25) is 0 Å². The molecule has 0 atom stereocenters. The fraction of sp³-hybridized carbons (Fsp3) is 0.500. The van der Waals surface area contributed by atoms with Crippen LogP contribution in [0.25, 0.3) is 0 Å². The van der Waals surface area contributed by atoms with Gasteiger partial charge in [0.2, 0.25) is 0 Å². The zero-order chi connectivity index (χ0) is 6.57. The Morgan fingerprint density at radius 3 is 2.11 bits per heavy atom. The lowest BCUT2D eigenvalue weighted by atomic mass is 10.7.